The molecule has 14 heavy (non-hydrogen) atoms. The number of rotatable bonds is 1. The fourth-order valence-electron chi connectivity index (χ4n) is 2.24. The van der Waals surface area contributed by atoms with E-state index in [1.165, 1.54) is 24.6 Å². The average molecular weight is 230 g/mol. The molecule has 0 unspecified atom stereocenters. The van der Waals surface area contributed by atoms with Crippen LogP contribution in [0.25, 0.3) is 0 Å². The number of hydrogen-bond donors (Lipinski definition) is 1. The molecule has 1 aliphatic heterocycles. The Balaban J connectivity index is 2.39. The molecule has 2 rings (SSSR count). The molecule has 0 radical (unpaired) electrons. The zero-order valence-electron chi connectivity index (χ0n) is 8.32. The SMILES string of the molecule is NP1(Cl)(c2ccccc2)CCCCC1. The van der Waals surface area contributed by atoms with Gasteiger partial charge in [0, 0.05) is 0 Å². The van der Waals surface area contributed by atoms with Crippen LogP contribution in [0.1, 0.15) is 19.3 Å². The Labute approximate surface area is 90.4 Å². The molecule has 1 heterocycles. The number of nitrogens with two attached hydrogens (primary N) is 1. The van der Waals surface area contributed by atoms with E-state index in [9.17, 15) is 0 Å². The summed E-state index contributed by atoms with van der Waals surface area (Å²) in [6, 6.07) is 10.3. The summed E-state index contributed by atoms with van der Waals surface area (Å²) < 4.78 is 0. The van der Waals surface area contributed by atoms with Gasteiger partial charge in [0.05, 0.1) is 0 Å². The third kappa shape index (κ3) is 1.82. The van der Waals surface area contributed by atoms with Crippen molar-refractivity contribution in [1.29, 1.82) is 0 Å². The molecular weight excluding hydrogens is 213 g/mol. The Morgan fingerprint density at radius 2 is 1.57 bits per heavy atom. The summed E-state index contributed by atoms with van der Waals surface area (Å²) >= 11 is 6.76. The summed E-state index contributed by atoms with van der Waals surface area (Å²) in [5, 5.41) is 1.19. The van der Waals surface area contributed by atoms with Crippen molar-refractivity contribution in [2.45, 2.75) is 19.3 Å². The predicted molar refractivity (Wildman–Crippen MR) is 66.6 cm³/mol. The van der Waals surface area contributed by atoms with Gasteiger partial charge in [0.15, 0.2) is 0 Å². The van der Waals surface area contributed by atoms with Gasteiger partial charge >= 0.3 is 90.1 Å². The van der Waals surface area contributed by atoms with Gasteiger partial charge in [0.25, 0.3) is 0 Å². The van der Waals surface area contributed by atoms with Crippen molar-refractivity contribution >= 4 is 22.7 Å². The van der Waals surface area contributed by atoms with E-state index in [0.717, 1.165) is 12.3 Å². The molecule has 0 atom stereocenters. The van der Waals surface area contributed by atoms with E-state index in [1.54, 1.807) is 0 Å². The van der Waals surface area contributed by atoms with Crippen molar-refractivity contribution in [3.63, 3.8) is 0 Å². The van der Waals surface area contributed by atoms with Crippen LogP contribution in [0.2, 0.25) is 0 Å². The molecule has 1 fully saturated rings. The van der Waals surface area contributed by atoms with Crippen LogP contribution in [-0.4, -0.2) is 12.3 Å². The van der Waals surface area contributed by atoms with E-state index in [4.69, 9.17) is 16.7 Å². The van der Waals surface area contributed by atoms with Crippen molar-refractivity contribution in [2.75, 3.05) is 12.3 Å². The first-order chi connectivity index (χ1) is 6.60. The van der Waals surface area contributed by atoms with Crippen molar-refractivity contribution < 1.29 is 0 Å². The molecular formula is C11H17ClNP. The van der Waals surface area contributed by atoms with Gasteiger partial charge in [-0.2, -0.15) is 0 Å². The normalized spacial score (nSPS) is 27.4. The summed E-state index contributed by atoms with van der Waals surface area (Å²) in [6.45, 7) is 0. The fourth-order valence-corrected chi connectivity index (χ4v) is 6.72. The van der Waals surface area contributed by atoms with Gasteiger partial charge in [-0.3, -0.25) is 0 Å². The molecule has 0 aromatic heterocycles. The van der Waals surface area contributed by atoms with Crippen molar-refractivity contribution in [1.82, 2.24) is 0 Å². The summed E-state index contributed by atoms with van der Waals surface area (Å²) in [7, 11) is 0. The molecule has 0 amide bonds. The van der Waals surface area contributed by atoms with Crippen LogP contribution in [0.15, 0.2) is 30.3 Å². The first-order valence-corrected chi connectivity index (χ1v) is 8.77. The molecule has 1 aromatic carbocycles. The molecule has 2 N–H and O–H groups in total. The molecule has 1 nitrogen and oxygen atoms in total. The van der Waals surface area contributed by atoms with Crippen LogP contribution in [0.4, 0.5) is 0 Å². The van der Waals surface area contributed by atoms with Gasteiger partial charge in [0.2, 0.25) is 0 Å². The minimum atomic E-state index is -2.51. The van der Waals surface area contributed by atoms with Gasteiger partial charge in [-0.15, -0.1) is 0 Å². The molecule has 78 valence electrons. The second-order valence-electron chi connectivity index (χ2n) is 4.30. The van der Waals surface area contributed by atoms with Crippen molar-refractivity contribution in [3.05, 3.63) is 30.3 Å². The first kappa shape index (κ1) is 10.4. The monoisotopic (exact) mass is 229 g/mol. The maximum atomic E-state index is 6.76. The predicted octanol–water partition coefficient (Wildman–Crippen LogP) is 3.08. The number of halogens is 1. The molecule has 0 saturated carbocycles. The van der Waals surface area contributed by atoms with Gasteiger partial charge < -0.3 is 0 Å². The van der Waals surface area contributed by atoms with Gasteiger partial charge in [-0.1, -0.05) is 0 Å². The molecule has 1 aromatic rings. The second-order valence-corrected chi connectivity index (χ2v) is 11.1. The molecule has 1 aliphatic rings. The maximum absolute atomic E-state index is 6.76. The van der Waals surface area contributed by atoms with E-state index in [-0.39, 0.29) is 0 Å². The molecule has 0 aliphatic carbocycles. The summed E-state index contributed by atoms with van der Waals surface area (Å²) in [5.74, 6) is 0. The van der Waals surface area contributed by atoms with E-state index >= 15 is 0 Å². The molecule has 3 heteroatoms. The van der Waals surface area contributed by atoms with Crippen LogP contribution >= 0.6 is 17.3 Å². The summed E-state index contributed by atoms with van der Waals surface area (Å²) in [5.41, 5.74) is 6.52. The van der Waals surface area contributed by atoms with Gasteiger partial charge in [-0.25, -0.2) is 0 Å². The Kier molecular flexibility index (Phi) is 2.59. The van der Waals surface area contributed by atoms with Gasteiger partial charge in [-0.05, 0) is 0 Å². The summed E-state index contributed by atoms with van der Waals surface area (Å²) in [4.78, 5) is 0. The zero-order chi connectivity index (χ0) is 10.1. The van der Waals surface area contributed by atoms with Crippen molar-refractivity contribution in [3.8, 4) is 0 Å². The van der Waals surface area contributed by atoms with E-state index < -0.39 is 6.11 Å². The molecule has 1 saturated heterocycles. The summed E-state index contributed by atoms with van der Waals surface area (Å²) in [6.07, 6.45) is 3.17. The van der Waals surface area contributed by atoms with E-state index in [0.29, 0.717) is 0 Å². The van der Waals surface area contributed by atoms with E-state index in [1.807, 2.05) is 18.2 Å². The van der Waals surface area contributed by atoms with Crippen LogP contribution in [0.3, 0.4) is 0 Å². The zero-order valence-corrected chi connectivity index (χ0v) is 9.98. The molecule has 0 spiro atoms. The van der Waals surface area contributed by atoms with Gasteiger partial charge in [0.1, 0.15) is 0 Å². The third-order valence-electron chi connectivity index (χ3n) is 3.15. The van der Waals surface area contributed by atoms with Crippen LogP contribution in [0, 0.1) is 0 Å². The third-order valence-corrected chi connectivity index (χ3v) is 8.84. The first-order valence-electron chi connectivity index (χ1n) is 5.19. The van der Waals surface area contributed by atoms with Crippen LogP contribution in [0.5, 0.6) is 0 Å². The molecule has 0 bridgehead atoms. The van der Waals surface area contributed by atoms with Crippen molar-refractivity contribution in [2.24, 2.45) is 5.50 Å². The average Bonchev–Trinajstić information content (AvgIpc) is 2.19. The fraction of sp³-hybridized carbons (Fsp3) is 0.455. The Morgan fingerprint density at radius 1 is 1.00 bits per heavy atom. The Morgan fingerprint density at radius 3 is 2.14 bits per heavy atom. The topological polar surface area (TPSA) is 26.0 Å². The van der Waals surface area contributed by atoms with E-state index in [2.05, 4.69) is 12.1 Å². The number of hydrogen-bond acceptors (Lipinski definition) is 1. The quantitative estimate of drug-likeness (QED) is 0.736. The van der Waals surface area contributed by atoms with Crippen LogP contribution < -0.4 is 10.8 Å². The minimum absolute atomic E-state index is 1.01. The Hall–Kier alpha value is -0.100. The van der Waals surface area contributed by atoms with Crippen LogP contribution in [-0.2, 0) is 0 Å². The second kappa shape index (κ2) is 3.48. The standard InChI is InChI=1S/C11H17ClNP/c12-14(13,9-5-2-6-10-14)11-7-3-1-4-8-11/h1,3-4,7-8H,2,5-6,9-10,13H2. The number of benzene rings is 1. The Bertz CT molecular complexity index is 313.